The molecule has 1 atom stereocenters. The molecule has 1 fully saturated rings. The molecule has 1 saturated heterocycles. The molecular formula is C34H33FN8O3. The van der Waals surface area contributed by atoms with Crippen molar-refractivity contribution >= 4 is 45.1 Å². The average Bonchev–Trinajstić information content (AvgIpc) is 3.49. The summed E-state index contributed by atoms with van der Waals surface area (Å²) in [5.41, 5.74) is 4.20. The number of nitrogens with zero attached hydrogens (tertiary/aromatic N) is 7. The van der Waals surface area contributed by atoms with Crippen LogP contribution in [0.4, 0.5) is 15.9 Å². The van der Waals surface area contributed by atoms with E-state index in [-0.39, 0.29) is 48.5 Å². The van der Waals surface area contributed by atoms with Crippen molar-refractivity contribution in [3.05, 3.63) is 82.4 Å². The Bertz CT molecular complexity index is 2190. The summed E-state index contributed by atoms with van der Waals surface area (Å²) < 4.78 is 18.8. The molecule has 12 heteroatoms. The molecule has 2 aliphatic heterocycles. The van der Waals surface area contributed by atoms with Crippen molar-refractivity contribution in [2.24, 2.45) is 0 Å². The third kappa shape index (κ3) is 4.16. The first-order chi connectivity index (χ1) is 22.0. The van der Waals surface area contributed by atoms with Gasteiger partial charge in [0.1, 0.15) is 11.9 Å². The smallest absolute Gasteiger partial charge is 0.340 e. The fourth-order valence-corrected chi connectivity index (χ4v) is 6.93. The molecule has 5 aromatic rings. The predicted molar refractivity (Wildman–Crippen MR) is 175 cm³/mol. The van der Waals surface area contributed by atoms with E-state index >= 15 is 4.39 Å². The number of piperazine rings is 1. The summed E-state index contributed by atoms with van der Waals surface area (Å²) in [4.78, 5) is 54.9. The molecule has 7 rings (SSSR count). The SMILES string of the molecule is C=CC(=O)N1CCN2c3nc(=O)n(-c4c(C)ccnc4C(C)C)c4cc(-c5c(C)ccc6[nH]ncc56)c(F)c(c34)N(C)C(=O)C2C1. The summed E-state index contributed by atoms with van der Waals surface area (Å²) in [6.07, 6.45) is 4.56. The van der Waals surface area contributed by atoms with E-state index in [0.29, 0.717) is 33.2 Å². The Kier molecular flexibility index (Phi) is 6.76. The number of nitrogens with one attached hydrogen (secondary N) is 1. The zero-order valence-electron chi connectivity index (χ0n) is 26.3. The van der Waals surface area contributed by atoms with Gasteiger partial charge in [-0.3, -0.25) is 24.2 Å². The minimum absolute atomic E-state index is 0.0114. The number of carbonyl (C=O) groups is 2. The number of aromatic amines is 1. The highest BCUT2D eigenvalue weighted by molar-refractivity contribution is 6.15. The molecule has 5 heterocycles. The van der Waals surface area contributed by atoms with Crippen molar-refractivity contribution < 1.29 is 14.0 Å². The summed E-state index contributed by atoms with van der Waals surface area (Å²) in [5, 5.41) is 8.19. The molecule has 2 aromatic carbocycles. The summed E-state index contributed by atoms with van der Waals surface area (Å²) in [6, 6.07) is 6.38. The normalized spacial score (nSPS) is 16.4. The molecule has 234 valence electrons. The van der Waals surface area contributed by atoms with E-state index in [1.807, 2.05) is 45.9 Å². The molecule has 0 saturated carbocycles. The lowest BCUT2D eigenvalue weighted by atomic mass is 9.94. The van der Waals surface area contributed by atoms with E-state index in [2.05, 4.69) is 26.7 Å². The summed E-state index contributed by atoms with van der Waals surface area (Å²) in [7, 11) is 1.53. The van der Waals surface area contributed by atoms with Gasteiger partial charge in [-0.15, -0.1) is 0 Å². The number of aryl methyl sites for hydroxylation is 2. The van der Waals surface area contributed by atoms with Crippen LogP contribution in [0.3, 0.4) is 0 Å². The van der Waals surface area contributed by atoms with Crippen LogP contribution in [0.2, 0.25) is 0 Å². The Morgan fingerprint density at radius 2 is 1.91 bits per heavy atom. The van der Waals surface area contributed by atoms with Gasteiger partial charge < -0.3 is 14.7 Å². The van der Waals surface area contributed by atoms with Gasteiger partial charge in [-0.25, -0.2) is 9.18 Å². The van der Waals surface area contributed by atoms with Crippen LogP contribution in [0, 0.1) is 19.7 Å². The van der Waals surface area contributed by atoms with Crippen LogP contribution < -0.4 is 15.5 Å². The number of fused-ring (bicyclic) bond motifs is 3. The van der Waals surface area contributed by atoms with Gasteiger partial charge in [0, 0.05) is 37.3 Å². The second kappa shape index (κ2) is 10.6. The number of hydrogen-bond donors (Lipinski definition) is 1. The van der Waals surface area contributed by atoms with Crippen LogP contribution in [0.1, 0.15) is 36.6 Å². The van der Waals surface area contributed by atoms with Crippen LogP contribution in [-0.2, 0) is 9.59 Å². The van der Waals surface area contributed by atoms with Crippen molar-refractivity contribution in [2.75, 3.05) is 36.5 Å². The molecule has 0 aliphatic carbocycles. The Balaban J connectivity index is 1.64. The number of H-pyrrole nitrogens is 1. The Hall–Kier alpha value is -5.39. The van der Waals surface area contributed by atoms with Gasteiger partial charge in [0.05, 0.1) is 46.2 Å². The molecular weight excluding hydrogens is 587 g/mol. The topological polar surface area (TPSA) is 120 Å². The number of benzene rings is 2. The lowest BCUT2D eigenvalue weighted by Crippen LogP contribution is -2.60. The molecule has 3 aromatic heterocycles. The fourth-order valence-electron chi connectivity index (χ4n) is 6.93. The lowest BCUT2D eigenvalue weighted by molar-refractivity contribution is -0.128. The third-order valence-electron chi connectivity index (χ3n) is 9.19. The van der Waals surface area contributed by atoms with E-state index in [4.69, 9.17) is 0 Å². The number of pyridine rings is 1. The first kappa shape index (κ1) is 29.3. The van der Waals surface area contributed by atoms with Gasteiger partial charge in [-0.1, -0.05) is 26.5 Å². The molecule has 0 radical (unpaired) electrons. The number of anilines is 2. The minimum Gasteiger partial charge on any atom is -0.340 e. The molecule has 2 aliphatic rings. The Labute approximate surface area is 264 Å². The van der Waals surface area contributed by atoms with Gasteiger partial charge in [-0.2, -0.15) is 10.1 Å². The van der Waals surface area contributed by atoms with Crippen molar-refractivity contribution in [1.82, 2.24) is 29.6 Å². The molecule has 11 nitrogen and oxygen atoms in total. The lowest BCUT2D eigenvalue weighted by Gasteiger charge is -2.40. The highest BCUT2D eigenvalue weighted by Gasteiger charge is 2.42. The molecule has 1 unspecified atom stereocenters. The predicted octanol–water partition coefficient (Wildman–Crippen LogP) is 4.38. The van der Waals surface area contributed by atoms with Gasteiger partial charge in [0.15, 0.2) is 5.82 Å². The number of aromatic nitrogens is 5. The maximum atomic E-state index is 17.3. The van der Waals surface area contributed by atoms with Gasteiger partial charge >= 0.3 is 5.69 Å². The number of hydrogen-bond acceptors (Lipinski definition) is 7. The van der Waals surface area contributed by atoms with Crippen LogP contribution >= 0.6 is 0 Å². The number of amides is 2. The molecule has 0 spiro atoms. The average molecular weight is 621 g/mol. The van der Waals surface area contributed by atoms with Gasteiger partial charge in [-0.05, 0) is 60.7 Å². The van der Waals surface area contributed by atoms with Crippen LogP contribution in [0.15, 0.2) is 54.1 Å². The number of likely N-dealkylation sites (N-methyl/N-ethyl adjacent to an activating group) is 1. The van der Waals surface area contributed by atoms with Crippen molar-refractivity contribution in [1.29, 1.82) is 0 Å². The second-order valence-electron chi connectivity index (χ2n) is 12.2. The standard InChI is InChI=1S/C34H33FN8O3/c1-7-25(44)41-12-13-42-24(16-41)33(45)40(6)31-27-23(14-20(28(31)35)26-18(4)8-9-22-21(26)15-37-39-22)43(34(46)38-32(27)42)30-19(5)10-11-36-29(30)17(2)3/h7-11,14-15,17,24H,1,12-13,16H2,2-6H3,(H,37,39). The number of rotatable bonds is 4. The van der Waals surface area contributed by atoms with Crippen molar-refractivity contribution in [3.63, 3.8) is 0 Å². The van der Waals surface area contributed by atoms with Crippen molar-refractivity contribution in [3.8, 4) is 16.8 Å². The minimum atomic E-state index is -0.894. The third-order valence-corrected chi connectivity index (χ3v) is 9.19. The summed E-state index contributed by atoms with van der Waals surface area (Å²) >= 11 is 0. The first-order valence-electron chi connectivity index (χ1n) is 15.2. The van der Waals surface area contributed by atoms with Crippen LogP contribution in [0.25, 0.3) is 38.6 Å². The maximum Gasteiger partial charge on any atom is 0.354 e. The van der Waals surface area contributed by atoms with E-state index < -0.39 is 23.5 Å². The van der Waals surface area contributed by atoms with Gasteiger partial charge in [0.2, 0.25) is 5.91 Å². The zero-order chi connectivity index (χ0) is 32.6. The molecule has 1 N–H and O–H groups in total. The highest BCUT2D eigenvalue weighted by atomic mass is 19.1. The van der Waals surface area contributed by atoms with Crippen LogP contribution in [0.5, 0.6) is 0 Å². The summed E-state index contributed by atoms with van der Waals surface area (Å²) in [6.45, 7) is 11.9. The van der Waals surface area contributed by atoms with E-state index in [0.717, 1.165) is 16.6 Å². The van der Waals surface area contributed by atoms with Crippen molar-refractivity contribution in [2.45, 2.75) is 39.7 Å². The van der Waals surface area contributed by atoms with Gasteiger partial charge in [0.25, 0.3) is 5.91 Å². The quantitative estimate of drug-likeness (QED) is 0.296. The Morgan fingerprint density at radius 3 is 2.65 bits per heavy atom. The molecule has 46 heavy (non-hydrogen) atoms. The summed E-state index contributed by atoms with van der Waals surface area (Å²) in [5.74, 6) is -1.20. The number of halogens is 1. The fraction of sp³-hybridized carbons (Fsp3) is 0.294. The van der Waals surface area contributed by atoms with E-state index in [1.165, 1.54) is 27.5 Å². The zero-order valence-corrected chi connectivity index (χ0v) is 26.3. The second-order valence-corrected chi connectivity index (χ2v) is 12.2. The largest absolute Gasteiger partial charge is 0.354 e. The van der Waals surface area contributed by atoms with E-state index in [1.54, 1.807) is 23.4 Å². The Morgan fingerprint density at radius 1 is 1.13 bits per heavy atom. The first-order valence-corrected chi connectivity index (χ1v) is 15.2. The maximum absolute atomic E-state index is 17.3. The monoisotopic (exact) mass is 620 g/mol. The highest BCUT2D eigenvalue weighted by Crippen LogP contribution is 2.45. The molecule has 0 bridgehead atoms. The number of carbonyl (C=O) groups excluding carboxylic acids is 2. The molecule has 2 amide bonds. The van der Waals surface area contributed by atoms with E-state index in [9.17, 15) is 14.4 Å². The van der Waals surface area contributed by atoms with Crippen LogP contribution in [-0.4, -0.2) is 74.2 Å².